The van der Waals surface area contributed by atoms with Gasteiger partial charge in [0.25, 0.3) is 0 Å². The Hall–Kier alpha value is -1.59. The third-order valence-corrected chi connectivity index (χ3v) is 4.81. The fourth-order valence-electron chi connectivity index (χ4n) is 3.61. The molecule has 23 heavy (non-hydrogen) atoms. The molecule has 2 amide bonds. The Morgan fingerprint density at radius 3 is 2.70 bits per heavy atom. The normalized spacial score (nSPS) is 21.9. The molecule has 0 spiro atoms. The number of benzene rings is 1. The number of amides is 2. The average Bonchev–Trinajstić information content (AvgIpc) is 2.99. The maximum atomic E-state index is 11.4. The third kappa shape index (κ3) is 4.24. The summed E-state index contributed by atoms with van der Waals surface area (Å²) < 4.78 is 5.87. The number of nitrogens with one attached hydrogen (secondary N) is 2. The van der Waals surface area contributed by atoms with Crippen LogP contribution in [0.15, 0.2) is 24.3 Å². The van der Waals surface area contributed by atoms with Crippen LogP contribution in [0, 0.1) is 0 Å². The van der Waals surface area contributed by atoms with Gasteiger partial charge in [-0.2, -0.15) is 0 Å². The molecule has 0 bridgehead atoms. The molecule has 0 saturated carbocycles. The summed E-state index contributed by atoms with van der Waals surface area (Å²) in [6.07, 6.45) is 3.39. The third-order valence-electron chi connectivity index (χ3n) is 4.81. The number of carbonyl (C=O) groups is 1. The lowest BCUT2D eigenvalue weighted by atomic mass is 10.1. The molecule has 5 nitrogen and oxygen atoms in total. The Bertz CT molecular complexity index is 510. The van der Waals surface area contributed by atoms with Crippen molar-refractivity contribution in [3.63, 3.8) is 0 Å². The first-order valence-corrected chi connectivity index (χ1v) is 8.70. The Balaban J connectivity index is 1.45. The molecule has 1 saturated heterocycles. The number of hydrogen-bond donors (Lipinski definition) is 2. The molecule has 1 aromatic carbocycles. The first-order valence-electron chi connectivity index (χ1n) is 8.70. The highest BCUT2D eigenvalue weighted by Gasteiger charge is 2.30. The average molecular weight is 317 g/mol. The van der Waals surface area contributed by atoms with Gasteiger partial charge < -0.3 is 15.4 Å². The number of hydrogen-bond acceptors (Lipinski definition) is 3. The lowest BCUT2D eigenvalue weighted by Crippen LogP contribution is -2.49. The van der Waals surface area contributed by atoms with Gasteiger partial charge >= 0.3 is 6.03 Å². The first-order chi connectivity index (χ1) is 11.3. The molecule has 1 aliphatic carbocycles. The summed E-state index contributed by atoms with van der Waals surface area (Å²) >= 11 is 0. The second kappa shape index (κ2) is 7.79. The summed E-state index contributed by atoms with van der Waals surface area (Å²) in [5, 5.41) is 5.63. The van der Waals surface area contributed by atoms with E-state index in [1.54, 1.807) is 0 Å². The van der Waals surface area contributed by atoms with E-state index in [4.69, 9.17) is 4.74 Å². The lowest BCUT2D eigenvalue weighted by molar-refractivity contribution is -0.0444. The second-order valence-electron chi connectivity index (χ2n) is 6.39. The van der Waals surface area contributed by atoms with Crippen LogP contribution in [-0.2, 0) is 17.6 Å². The maximum Gasteiger partial charge on any atom is 0.314 e. The van der Waals surface area contributed by atoms with E-state index in [1.165, 1.54) is 11.1 Å². The number of ether oxygens (including phenoxy) is 1. The molecule has 1 aromatic rings. The van der Waals surface area contributed by atoms with Gasteiger partial charge in [-0.05, 0) is 37.3 Å². The minimum Gasteiger partial charge on any atom is -0.375 e. The Morgan fingerprint density at radius 1 is 1.26 bits per heavy atom. The molecule has 1 aliphatic heterocycles. The van der Waals surface area contributed by atoms with Gasteiger partial charge in [0.05, 0.1) is 12.7 Å². The second-order valence-corrected chi connectivity index (χ2v) is 6.39. The van der Waals surface area contributed by atoms with E-state index in [0.29, 0.717) is 19.1 Å². The van der Waals surface area contributed by atoms with Crippen molar-refractivity contribution >= 4 is 6.03 Å². The highest BCUT2D eigenvalue weighted by atomic mass is 16.5. The van der Waals surface area contributed by atoms with E-state index in [0.717, 1.165) is 39.0 Å². The Morgan fingerprint density at radius 2 is 2.00 bits per heavy atom. The topological polar surface area (TPSA) is 53.6 Å². The number of fused-ring (bicyclic) bond motifs is 1. The van der Waals surface area contributed by atoms with Crippen molar-refractivity contribution in [2.24, 2.45) is 0 Å². The Labute approximate surface area is 138 Å². The number of rotatable bonds is 5. The van der Waals surface area contributed by atoms with Gasteiger partial charge in [-0.15, -0.1) is 0 Å². The van der Waals surface area contributed by atoms with Gasteiger partial charge in [0.1, 0.15) is 0 Å². The molecule has 0 radical (unpaired) electrons. The summed E-state index contributed by atoms with van der Waals surface area (Å²) in [6.45, 7) is 6.01. The van der Waals surface area contributed by atoms with Crippen molar-refractivity contribution < 1.29 is 9.53 Å². The zero-order valence-electron chi connectivity index (χ0n) is 13.9. The minimum atomic E-state index is -0.0913. The first kappa shape index (κ1) is 16.3. The van der Waals surface area contributed by atoms with Crippen molar-refractivity contribution in [1.82, 2.24) is 15.5 Å². The highest BCUT2D eigenvalue weighted by Crippen LogP contribution is 2.26. The van der Waals surface area contributed by atoms with Gasteiger partial charge in [0.2, 0.25) is 0 Å². The minimum absolute atomic E-state index is 0.0913. The monoisotopic (exact) mass is 317 g/mol. The summed E-state index contributed by atoms with van der Waals surface area (Å²) in [5.74, 6) is 0. The molecule has 1 unspecified atom stereocenters. The molecule has 2 aliphatic rings. The molecule has 1 heterocycles. The van der Waals surface area contributed by atoms with Crippen LogP contribution in [0.3, 0.4) is 0 Å². The summed E-state index contributed by atoms with van der Waals surface area (Å²) in [5.41, 5.74) is 3.00. The molecular weight excluding hydrogens is 290 g/mol. The van der Waals surface area contributed by atoms with Crippen LogP contribution in [0.25, 0.3) is 0 Å². The van der Waals surface area contributed by atoms with E-state index in [9.17, 15) is 4.79 Å². The maximum absolute atomic E-state index is 11.4. The van der Waals surface area contributed by atoms with Gasteiger partial charge in [-0.1, -0.05) is 24.3 Å². The van der Waals surface area contributed by atoms with Gasteiger partial charge in [-0.3, -0.25) is 4.90 Å². The summed E-state index contributed by atoms with van der Waals surface area (Å²) in [4.78, 5) is 14.0. The van der Waals surface area contributed by atoms with E-state index >= 15 is 0 Å². The van der Waals surface area contributed by atoms with Crippen molar-refractivity contribution in [1.29, 1.82) is 0 Å². The highest BCUT2D eigenvalue weighted by molar-refractivity contribution is 5.73. The van der Waals surface area contributed by atoms with E-state index in [2.05, 4.69) is 39.8 Å². The van der Waals surface area contributed by atoms with Crippen molar-refractivity contribution in [2.75, 3.05) is 32.8 Å². The molecule has 3 rings (SSSR count). The van der Waals surface area contributed by atoms with Gasteiger partial charge in [-0.25, -0.2) is 4.79 Å². The molecule has 126 valence electrons. The predicted molar refractivity (Wildman–Crippen MR) is 90.6 cm³/mol. The molecule has 1 fully saturated rings. The Kier molecular flexibility index (Phi) is 5.51. The zero-order valence-corrected chi connectivity index (χ0v) is 13.9. The van der Waals surface area contributed by atoms with E-state index < -0.39 is 0 Å². The van der Waals surface area contributed by atoms with Crippen LogP contribution in [0.2, 0.25) is 0 Å². The van der Waals surface area contributed by atoms with Crippen molar-refractivity contribution in [2.45, 2.75) is 38.3 Å². The van der Waals surface area contributed by atoms with Crippen molar-refractivity contribution in [3.8, 4) is 0 Å². The molecule has 0 aromatic heterocycles. The number of morpholine rings is 1. The van der Waals surface area contributed by atoms with Crippen LogP contribution in [-0.4, -0.2) is 55.9 Å². The van der Waals surface area contributed by atoms with Crippen molar-refractivity contribution in [3.05, 3.63) is 35.4 Å². The summed E-state index contributed by atoms with van der Waals surface area (Å²) in [6, 6.07) is 9.29. The lowest BCUT2D eigenvalue weighted by Gasteiger charge is -2.37. The fraction of sp³-hybridized carbons (Fsp3) is 0.611. The number of carbonyl (C=O) groups excluding carboxylic acids is 1. The largest absolute Gasteiger partial charge is 0.375 e. The summed E-state index contributed by atoms with van der Waals surface area (Å²) in [7, 11) is 0. The van der Waals surface area contributed by atoms with Crippen LogP contribution < -0.4 is 10.6 Å². The van der Waals surface area contributed by atoms with Crippen LogP contribution in [0.4, 0.5) is 4.79 Å². The van der Waals surface area contributed by atoms with E-state index in [1.807, 2.05) is 6.92 Å². The van der Waals surface area contributed by atoms with Crippen LogP contribution in [0.1, 0.15) is 24.5 Å². The molecule has 5 heteroatoms. The molecule has 1 atom stereocenters. The van der Waals surface area contributed by atoms with Crippen LogP contribution in [0.5, 0.6) is 0 Å². The number of urea groups is 1. The van der Waals surface area contributed by atoms with Gasteiger partial charge in [0.15, 0.2) is 0 Å². The SMILES string of the molecule is CCNC(=O)NCCC1CN(C2Cc3ccccc3C2)CCO1. The quantitative estimate of drug-likeness (QED) is 0.867. The zero-order chi connectivity index (χ0) is 16.1. The predicted octanol–water partition coefficient (Wildman–Crippen LogP) is 1.56. The molecular formula is C18H27N3O2. The fourth-order valence-corrected chi connectivity index (χ4v) is 3.61. The van der Waals surface area contributed by atoms with Crippen LogP contribution >= 0.6 is 0 Å². The standard InChI is InChI=1S/C18H27N3O2/c1-2-19-18(22)20-8-7-17-13-21(9-10-23-17)16-11-14-5-3-4-6-15(14)12-16/h3-6,16-17H,2,7-13H2,1H3,(H2,19,20,22). The van der Waals surface area contributed by atoms with E-state index in [-0.39, 0.29) is 12.1 Å². The van der Waals surface area contributed by atoms with Gasteiger partial charge in [0, 0.05) is 32.2 Å². The number of nitrogens with zero attached hydrogens (tertiary/aromatic N) is 1. The smallest absolute Gasteiger partial charge is 0.314 e. The molecule has 2 N–H and O–H groups in total.